The molecular formula is C19H22F2N4OS. The zero-order valence-corrected chi connectivity index (χ0v) is 16.2. The Morgan fingerprint density at radius 3 is 3.04 bits per heavy atom. The Morgan fingerprint density at radius 2 is 2.22 bits per heavy atom. The third-order valence-electron chi connectivity index (χ3n) is 5.25. The van der Waals surface area contributed by atoms with Crippen LogP contribution < -0.4 is 15.9 Å². The highest BCUT2D eigenvalue weighted by Gasteiger charge is 2.29. The highest BCUT2D eigenvalue weighted by atomic mass is 32.1. The number of pyridine rings is 1. The van der Waals surface area contributed by atoms with Crippen LogP contribution in [0.1, 0.15) is 12.0 Å². The van der Waals surface area contributed by atoms with Gasteiger partial charge in [-0.1, -0.05) is 0 Å². The fourth-order valence-electron chi connectivity index (χ4n) is 3.71. The van der Waals surface area contributed by atoms with E-state index in [1.165, 1.54) is 17.5 Å². The number of hydrogen-bond donors (Lipinski definition) is 1. The van der Waals surface area contributed by atoms with Gasteiger partial charge in [0.15, 0.2) is 11.6 Å². The lowest BCUT2D eigenvalue weighted by molar-refractivity contribution is 0.0960. The van der Waals surface area contributed by atoms with Gasteiger partial charge in [-0.05, 0) is 24.9 Å². The highest BCUT2D eigenvalue weighted by Crippen LogP contribution is 2.32. The van der Waals surface area contributed by atoms with Gasteiger partial charge < -0.3 is 15.0 Å². The predicted molar refractivity (Wildman–Crippen MR) is 103 cm³/mol. The first-order chi connectivity index (χ1) is 13.1. The van der Waals surface area contributed by atoms with Crippen LogP contribution in [0.25, 0.3) is 11.9 Å². The van der Waals surface area contributed by atoms with Gasteiger partial charge in [0.2, 0.25) is 0 Å². The van der Waals surface area contributed by atoms with E-state index in [9.17, 15) is 8.78 Å². The summed E-state index contributed by atoms with van der Waals surface area (Å²) < 4.78 is 33.5. The molecule has 2 aliphatic rings. The number of anilines is 1. The molecule has 0 saturated carbocycles. The van der Waals surface area contributed by atoms with E-state index >= 15 is 0 Å². The summed E-state index contributed by atoms with van der Waals surface area (Å²) in [4.78, 5) is 8.85. The molecule has 0 bridgehead atoms. The maximum absolute atomic E-state index is 14.5. The molecule has 5 nitrogen and oxygen atoms in total. The minimum Gasteiger partial charge on any atom is -0.385 e. The fraction of sp³-hybridized carbons (Fsp3) is 0.421. The zero-order chi connectivity index (χ0) is 19.0. The number of fused-ring (bicyclic) bond motifs is 2. The molecule has 0 aromatic carbocycles. The van der Waals surface area contributed by atoms with Crippen molar-refractivity contribution >= 4 is 28.2 Å². The van der Waals surface area contributed by atoms with E-state index in [2.05, 4.69) is 27.1 Å². The second-order valence-corrected chi connectivity index (χ2v) is 7.76. The average molecular weight is 392 g/mol. The number of likely N-dealkylation sites (N-methyl/N-ethyl adjacent to an activating group) is 1. The Labute approximate surface area is 160 Å². The van der Waals surface area contributed by atoms with Crippen molar-refractivity contribution in [3.8, 4) is 0 Å². The van der Waals surface area contributed by atoms with Crippen LogP contribution in [0, 0.1) is 11.6 Å². The van der Waals surface area contributed by atoms with Crippen LogP contribution in [0.3, 0.4) is 0 Å². The van der Waals surface area contributed by atoms with Gasteiger partial charge in [-0.15, -0.1) is 11.3 Å². The van der Waals surface area contributed by atoms with Crippen LogP contribution in [0.4, 0.5) is 13.8 Å². The summed E-state index contributed by atoms with van der Waals surface area (Å²) in [5.74, 6) is -1.81. The summed E-state index contributed by atoms with van der Waals surface area (Å²) in [6.07, 6.45) is 3.40. The summed E-state index contributed by atoms with van der Waals surface area (Å²) >= 11 is 1.54. The van der Waals surface area contributed by atoms with Gasteiger partial charge in [-0.2, -0.15) is 0 Å². The summed E-state index contributed by atoms with van der Waals surface area (Å²) in [5.41, 5.74) is 1.83. The predicted octanol–water partition coefficient (Wildman–Crippen LogP) is 1.39. The third kappa shape index (κ3) is 3.33. The topological polar surface area (TPSA) is 40.6 Å². The molecule has 8 heteroatoms. The number of hydrogen-bond acceptors (Lipinski definition) is 6. The van der Waals surface area contributed by atoms with Crippen molar-refractivity contribution in [1.82, 2.24) is 14.8 Å². The Morgan fingerprint density at radius 1 is 1.37 bits per heavy atom. The fourth-order valence-corrected chi connectivity index (χ4v) is 4.47. The molecule has 0 spiro atoms. The molecule has 144 valence electrons. The molecule has 2 aromatic rings. The Bertz CT molecular complexity index is 961. The number of nitrogens with one attached hydrogen (secondary N) is 1. The van der Waals surface area contributed by atoms with E-state index in [-0.39, 0.29) is 5.22 Å². The molecule has 0 aliphatic carbocycles. The lowest BCUT2D eigenvalue weighted by Gasteiger charge is -2.41. The van der Waals surface area contributed by atoms with E-state index in [1.807, 2.05) is 11.4 Å². The Hall–Kier alpha value is -2.03. The second-order valence-electron chi connectivity index (χ2n) is 6.85. The van der Waals surface area contributed by atoms with Crippen molar-refractivity contribution in [3.05, 3.63) is 45.4 Å². The first-order valence-corrected chi connectivity index (χ1v) is 9.81. The van der Waals surface area contributed by atoms with Crippen molar-refractivity contribution in [2.75, 3.05) is 45.7 Å². The van der Waals surface area contributed by atoms with Crippen molar-refractivity contribution < 1.29 is 13.5 Å². The Balaban J connectivity index is 1.85. The summed E-state index contributed by atoms with van der Waals surface area (Å²) in [6.45, 7) is 3.15. The minimum absolute atomic E-state index is 0.167. The van der Waals surface area contributed by atoms with Crippen LogP contribution in [0.15, 0.2) is 17.6 Å². The highest BCUT2D eigenvalue weighted by molar-refractivity contribution is 7.14. The number of aromatic nitrogens is 1. The van der Waals surface area contributed by atoms with Gasteiger partial charge in [-0.25, -0.2) is 8.78 Å². The van der Waals surface area contributed by atoms with Crippen LogP contribution >= 0.6 is 11.3 Å². The van der Waals surface area contributed by atoms with E-state index in [4.69, 9.17) is 4.74 Å². The first-order valence-electron chi connectivity index (χ1n) is 8.93. The van der Waals surface area contributed by atoms with Crippen molar-refractivity contribution in [1.29, 1.82) is 0 Å². The minimum atomic E-state index is -0.937. The summed E-state index contributed by atoms with van der Waals surface area (Å²) in [7, 11) is 3.82. The standard InChI is InChI=1S/C19H22F2N4OS/c1-24-5-6-25(11-12(24)3-7-26-2)18-13-4-8-27-19(13)23-9-14-16(21)15(20)10-22-17(14)18/h4,8-10,12,23H,3,5-7,11H2,1-2H3. The molecule has 1 N–H and O–H groups in total. The van der Waals surface area contributed by atoms with Gasteiger partial charge in [0, 0.05) is 51.2 Å². The lowest BCUT2D eigenvalue weighted by atomic mass is 10.1. The molecule has 1 saturated heterocycles. The first kappa shape index (κ1) is 18.3. The van der Waals surface area contributed by atoms with Crippen molar-refractivity contribution in [2.45, 2.75) is 12.5 Å². The normalized spacial score (nSPS) is 19.8. The smallest absolute Gasteiger partial charge is 0.177 e. The Kier molecular flexibility index (Phi) is 5.12. The van der Waals surface area contributed by atoms with Crippen LogP contribution in [-0.2, 0) is 4.74 Å². The monoisotopic (exact) mass is 392 g/mol. The maximum atomic E-state index is 14.5. The van der Waals surface area contributed by atoms with Crippen LogP contribution in [0.2, 0.25) is 0 Å². The number of methoxy groups -OCH3 is 1. The quantitative estimate of drug-likeness (QED) is 0.852. The van der Waals surface area contributed by atoms with Crippen molar-refractivity contribution in [3.63, 3.8) is 0 Å². The molecule has 1 unspecified atom stereocenters. The molecule has 1 atom stereocenters. The molecule has 4 rings (SSSR count). The van der Waals surface area contributed by atoms with Crippen LogP contribution in [-0.4, -0.2) is 61.2 Å². The van der Waals surface area contributed by atoms with Gasteiger partial charge in [0.1, 0.15) is 5.00 Å². The largest absolute Gasteiger partial charge is 0.385 e. The molecular weight excluding hydrogens is 370 g/mol. The van der Waals surface area contributed by atoms with E-state index < -0.39 is 11.6 Å². The van der Waals surface area contributed by atoms with Gasteiger partial charge in [0.05, 0.1) is 22.5 Å². The molecule has 0 amide bonds. The SMILES string of the molecule is COCCC1CN(C2=c3ncc(F)c(F)c3=CNc3sccc32)CCN1C. The molecule has 2 aromatic heterocycles. The van der Waals surface area contributed by atoms with Crippen LogP contribution in [0.5, 0.6) is 0 Å². The maximum Gasteiger partial charge on any atom is 0.177 e. The van der Waals surface area contributed by atoms with Gasteiger partial charge in [0.25, 0.3) is 0 Å². The molecule has 0 radical (unpaired) electrons. The van der Waals surface area contributed by atoms with E-state index in [0.717, 1.165) is 48.5 Å². The number of rotatable bonds is 4. The van der Waals surface area contributed by atoms with Crippen molar-refractivity contribution in [2.24, 2.45) is 0 Å². The number of ether oxygens (including phenoxy) is 1. The number of piperazine rings is 1. The third-order valence-corrected chi connectivity index (χ3v) is 6.09. The molecule has 4 heterocycles. The number of halogens is 2. The summed E-state index contributed by atoms with van der Waals surface area (Å²) in [6, 6.07) is 2.33. The second kappa shape index (κ2) is 7.53. The average Bonchev–Trinajstić information content (AvgIpc) is 3.06. The number of nitrogens with zero attached hydrogens (tertiary/aromatic N) is 3. The summed E-state index contributed by atoms with van der Waals surface area (Å²) in [5, 5.41) is 6.68. The van der Waals surface area contributed by atoms with Gasteiger partial charge >= 0.3 is 0 Å². The lowest BCUT2D eigenvalue weighted by Crippen LogP contribution is -2.52. The van der Waals surface area contributed by atoms with E-state index in [1.54, 1.807) is 7.11 Å². The molecule has 1 fully saturated rings. The van der Waals surface area contributed by atoms with Gasteiger partial charge in [-0.3, -0.25) is 9.88 Å². The zero-order valence-electron chi connectivity index (χ0n) is 15.3. The number of thiophene rings is 1. The molecule has 2 aliphatic heterocycles. The molecule has 27 heavy (non-hydrogen) atoms. The van der Waals surface area contributed by atoms with E-state index in [0.29, 0.717) is 18.0 Å².